The molecule has 2 aromatic rings. The summed E-state index contributed by atoms with van der Waals surface area (Å²) in [6.45, 7) is -0.367. The number of urea groups is 1. The quantitative estimate of drug-likeness (QED) is 0.533. The zero-order valence-corrected chi connectivity index (χ0v) is 15.0. The molecular weight excluding hydrogens is 383 g/mol. The number of ether oxygens (including phenoxy) is 2. The number of methoxy groups -OCH3 is 2. The van der Waals surface area contributed by atoms with E-state index in [0.717, 1.165) is 19.2 Å². The Kier molecular flexibility index (Phi) is 6.23. The fourth-order valence-corrected chi connectivity index (χ4v) is 3.10. The van der Waals surface area contributed by atoms with Crippen LogP contribution < -0.4 is 14.8 Å². The average molecular weight is 398 g/mol. The van der Waals surface area contributed by atoms with Gasteiger partial charge in [-0.1, -0.05) is 12.1 Å². The molecule has 144 valence electrons. The average Bonchev–Trinajstić information content (AvgIpc) is 2.65. The van der Waals surface area contributed by atoms with Gasteiger partial charge in [-0.2, -0.15) is 9.37 Å². The summed E-state index contributed by atoms with van der Waals surface area (Å²) in [5.74, 6) is -1.94. The summed E-state index contributed by atoms with van der Waals surface area (Å²) in [5, 5.41) is 2.17. The van der Waals surface area contributed by atoms with Crippen molar-refractivity contribution in [1.82, 2.24) is 20.0 Å². The Morgan fingerprint density at radius 3 is 2.56 bits per heavy atom. The summed E-state index contributed by atoms with van der Waals surface area (Å²) < 4.78 is 49.0. The number of nitrogens with one attached hydrogen (secondary N) is 2. The van der Waals surface area contributed by atoms with Crippen LogP contribution in [0.1, 0.15) is 16.2 Å². The fourth-order valence-electron chi connectivity index (χ4n) is 1.98. The number of nitrogens with zero attached hydrogens (tertiary/aromatic N) is 2. The number of hydrogen-bond donors (Lipinski definition) is 2. The normalized spacial score (nSPS) is 10.8. The molecule has 0 atom stereocenters. The van der Waals surface area contributed by atoms with Crippen LogP contribution in [0.2, 0.25) is 0 Å². The van der Waals surface area contributed by atoms with Crippen LogP contribution in [0.15, 0.2) is 35.2 Å². The monoisotopic (exact) mass is 398 g/mol. The van der Waals surface area contributed by atoms with Gasteiger partial charge in [0.15, 0.2) is 5.82 Å². The van der Waals surface area contributed by atoms with Crippen molar-refractivity contribution in [2.24, 2.45) is 0 Å². The van der Waals surface area contributed by atoms with Crippen molar-refractivity contribution >= 4 is 22.0 Å². The third kappa shape index (κ3) is 5.10. The van der Waals surface area contributed by atoms with Gasteiger partial charge in [0.2, 0.25) is 11.8 Å². The maximum atomic E-state index is 13.3. The molecule has 0 fully saturated rings. The van der Waals surface area contributed by atoms with Gasteiger partial charge in [-0.05, 0) is 12.1 Å². The van der Waals surface area contributed by atoms with Crippen LogP contribution in [0.3, 0.4) is 0 Å². The predicted molar refractivity (Wildman–Crippen MR) is 88.9 cm³/mol. The molecule has 0 bridgehead atoms. The van der Waals surface area contributed by atoms with Gasteiger partial charge < -0.3 is 14.8 Å². The maximum absolute atomic E-state index is 13.3. The molecule has 2 rings (SSSR count). The van der Waals surface area contributed by atoms with Crippen LogP contribution in [0, 0.1) is 5.95 Å². The topological polar surface area (TPSA) is 137 Å². The Labute approximate surface area is 153 Å². The van der Waals surface area contributed by atoms with E-state index in [4.69, 9.17) is 4.74 Å². The molecule has 0 aliphatic rings. The van der Waals surface area contributed by atoms with E-state index in [2.05, 4.69) is 20.0 Å². The first-order chi connectivity index (χ1) is 12.8. The van der Waals surface area contributed by atoms with Gasteiger partial charge in [0.1, 0.15) is 4.90 Å². The molecule has 1 aromatic carbocycles. The smallest absolute Gasteiger partial charge is 0.339 e. The lowest BCUT2D eigenvalue weighted by Gasteiger charge is -2.11. The first-order valence-corrected chi connectivity index (χ1v) is 8.80. The minimum atomic E-state index is -4.37. The second-order valence-electron chi connectivity index (χ2n) is 4.93. The second-order valence-corrected chi connectivity index (χ2v) is 6.58. The van der Waals surface area contributed by atoms with E-state index in [9.17, 15) is 22.4 Å². The molecule has 10 nitrogen and oxygen atoms in total. The van der Waals surface area contributed by atoms with Crippen molar-refractivity contribution in [3.05, 3.63) is 47.7 Å². The summed E-state index contributed by atoms with van der Waals surface area (Å²) in [7, 11) is -2.00. The number of carbonyl (C=O) groups is 2. The second kappa shape index (κ2) is 8.40. The Morgan fingerprint density at radius 1 is 1.19 bits per heavy atom. The molecule has 0 unspecified atom stereocenters. The Morgan fingerprint density at radius 2 is 1.89 bits per heavy atom. The summed E-state index contributed by atoms with van der Waals surface area (Å²) in [4.78, 5) is 30.4. The lowest BCUT2D eigenvalue weighted by molar-refractivity contribution is 0.0596. The van der Waals surface area contributed by atoms with E-state index < -0.39 is 32.9 Å². The number of rotatable bonds is 6. The zero-order chi connectivity index (χ0) is 20.0. The van der Waals surface area contributed by atoms with Crippen LogP contribution in [-0.4, -0.2) is 44.6 Å². The number of esters is 1. The van der Waals surface area contributed by atoms with Crippen LogP contribution in [-0.2, 0) is 21.3 Å². The molecule has 0 aliphatic carbocycles. The van der Waals surface area contributed by atoms with E-state index in [1.807, 2.05) is 0 Å². The van der Waals surface area contributed by atoms with Crippen LogP contribution >= 0.6 is 0 Å². The van der Waals surface area contributed by atoms with E-state index in [1.54, 1.807) is 4.72 Å². The maximum Gasteiger partial charge on any atom is 0.339 e. The van der Waals surface area contributed by atoms with Crippen LogP contribution in [0.25, 0.3) is 0 Å². The highest BCUT2D eigenvalue weighted by Gasteiger charge is 2.24. The van der Waals surface area contributed by atoms with E-state index in [-0.39, 0.29) is 23.8 Å². The Hall–Kier alpha value is -3.28. The first-order valence-electron chi connectivity index (χ1n) is 7.32. The molecular formula is C15H15FN4O6S. The van der Waals surface area contributed by atoms with Crippen molar-refractivity contribution in [1.29, 1.82) is 0 Å². The van der Waals surface area contributed by atoms with E-state index in [1.165, 1.54) is 25.3 Å². The van der Waals surface area contributed by atoms with Crippen LogP contribution in [0.4, 0.5) is 9.18 Å². The molecule has 12 heteroatoms. The van der Waals surface area contributed by atoms with Crippen molar-refractivity contribution in [2.75, 3.05) is 14.2 Å². The third-order valence-electron chi connectivity index (χ3n) is 3.14. The lowest BCUT2D eigenvalue weighted by Crippen LogP contribution is -2.39. The molecule has 2 N–H and O–H groups in total. The molecule has 1 aromatic heterocycles. The zero-order valence-electron chi connectivity index (χ0n) is 14.2. The predicted octanol–water partition coefficient (Wildman–Crippen LogP) is 0.599. The minimum absolute atomic E-state index is 0.0562. The van der Waals surface area contributed by atoms with Gasteiger partial charge in [-0.15, -0.1) is 0 Å². The molecule has 0 saturated carbocycles. The van der Waals surface area contributed by atoms with E-state index in [0.29, 0.717) is 0 Å². The molecule has 0 saturated heterocycles. The minimum Gasteiger partial charge on any atom is -0.481 e. The Balaban J connectivity index is 2.11. The standard InChI is InChI=1S/C15H15FN4O6S/c1-25-13-7-11(16)18-12(19-13)8-17-15(22)20-27(23,24)10-6-4-3-5-9(10)14(21)26-2/h3-7H,8H2,1-2H3,(H2,17,20,22). The molecule has 2 amide bonds. The van der Waals surface area contributed by atoms with Gasteiger partial charge in [-0.25, -0.2) is 27.7 Å². The SMILES string of the molecule is COC(=O)c1ccccc1S(=O)(=O)NC(=O)NCc1nc(F)cc(OC)n1. The molecule has 0 aliphatic heterocycles. The highest BCUT2D eigenvalue weighted by Crippen LogP contribution is 2.16. The number of halogens is 1. The van der Waals surface area contributed by atoms with Crippen molar-refractivity contribution < 1.29 is 31.9 Å². The summed E-state index contributed by atoms with van der Waals surface area (Å²) in [5.41, 5.74) is -0.237. The fraction of sp³-hybridized carbons (Fsp3) is 0.200. The van der Waals surface area contributed by atoms with Crippen LogP contribution in [0.5, 0.6) is 5.88 Å². The summed E-state index contributed by atoms with van der Waals surface area (Å²) in [6, 6.07) is 5.03. The molecule has 1 heterocycles. The first kappa shape index (κ1) is 20.0. The number of amides is 2. The third-order valence-corrected chi connectivity index (χ3v) is 4.53. The van der Waals surface area contributed by atoms with Gasteiger partial charge in [-0.3, -0.25) is 0 Å². The molecule has 0 radical (unpaired) electrons. The highest BCUT2D eigenvalue weighted by atomic mass is 32.2. The van der Waals surface area contributed by atoms with E-state index >= 15 is 0 Å². The van der Waals surface area contributed by atoms with Gasteiger partial charge in [0.25, 0.3) is 10.0 Å². The lowest BCUT2D eigenvalue weighted by atomic mass is 10.2. The molecule has 27 heavy (non-hydrogen) atoms. The number of aromatic nitrogens is 2. The largest absolute Gasteiger partial charge is 0.481 e. The number of benzene rings is 1. The Bertz CT molecular complexity index is 967. The highest BCUT2D eigenvalue weighted by molar-refractivity contribution is 7.90. The molecule has 0 spiro atoms. The number of hydrogen-bond acceptors (Lipinski definition) is 8. The number of sulfonamides is 1. The number of carbonyl (C=O) groups excluding carboxylic acids is 2. The van der Waals surface area contributed by atoms with Gasteiger partial charge in [0, 0.05) is 0 Å². The van der Waals surface area contributed by atoms with Gasteiger partial charge in [0.05, 0.1) is 32.4 Å². The van der Waals surface area contributed by atoms with Crippen molar-refractivity contribution in [3.8, 4) is 5.88 Å². The van der Waals surface area contributed by atoms with Crippen molar-refractivity contribution in [2.45, 2.75) is 11.4 Å². The summed E-state index contributed by atoms with van der Waals surface area (Å²) >= 11 is 0. The van der Waals surface area contributed by atoms with Crippen molar-refractivity contribution in [3.63, 3.8) is 0 Å². The van der Waals surface area contributed by atoms with Gasteiger partial charge >= 0.3 is 12.0 Å². The summed E-state index contributed by atoms with van der Waals surface area (Å²) in [6.07, 6.45) is 0.